The number of ether oxygens (including phenoxy) is 1. The summed E-state index contributed by atoms with van der Waals surface area (Å²) in [7, 11) is 0. The molecular weight excluding hydrogens is 407 g/mol. The maximum Gasteiger partial charge on any atom is 0.573 e. The van der Waals surface area contributed by atoms with E-state index < -0.39 is 11.6 Å². The standard InChI is InChI=1S/C18H22F3N5O2S/c1-11-8-12(2)10-25(9-11)16(27)13(3)29-17-22-23-24-26(17)14-4-6-15(7-5-14)28-18(19,20)21/h4-7,11-13H,8-10H2,1-3H3. The fourth-order valence-corrected chi connectivity index (χ4v) is 4.40. The van der Waals surface area contributed by atoms with Gasteiger partial charge in [0.05, 0.1) is 10.9 Å². The van der Waals surface area contributed by atoms with E-state index in [1.807, 2.05) is 4.90 Å². The zero-order valence-corrected chi connectivity index (χ0v) is 17.1. The quantitative estimate of drug-likeness (QED) is 0.677. The highest BCUT2D eigenvalue weighted by atomic mass is 32.2. The summed E-state index contributed by atoms with van der Waals surface area (Å²) in [5.74, 6) is 0.614. The molecule has 1 aliphatic rings. The molecule has 3 atom stereocenters. The molecule has 29 heavy (non-hydrogen) atoms. The lowest BCUT2D eigenvalue weighted by molar-refractivity contribution is -0.274. The summed E-state index contributed by atoms with van der Waals surface area (Å²) in [4.78, 5) is 14.7. The Morgan fingerprint density at radius 1 is 1.21 bits per heavy atom. The first kappa shape index (κ1) is 21.4. The van der Waals surface area contributed by atoms with Crippen molar-refractivity contribution in [2.75, 3.05) is 13.1 Å². The van der Waals surface area contributed by atoms with Crippen LogP contribution in [-0.4, -0.2) is 55.7 Å². The Balaban J connectivity index is 1.69. The van der Waals surface area contributed by atoms with Crippen LogP contribution in [0.4, 0.5) is 13.2 Å². The highest BCUT2D eigenvalue weighted by Crippen LogP contribution is 2.28. The highest BCUT2D eigenvalue weighted by molar-refractivity contribution is 8.00. The first-order valence-corrected chi connectivity index (χ1v) is 10.1. The van der Waals surface area contributed by atoms with E-state index in [0.29, 0.717) is 22.7 Å². The predicted octanol–water partition coefficient (Wildman–Crippen LogP) is 3.55. The number of rotatable bonds is 5. The van der Waals surface area contributed by atoms with Gasteiger partial charge in [-0.15, -0.1) is 18.3 Å². The minimum absolute atomic E-state index is 0.0249. The van der Waals surface area contributed by atoms with Crippen molar-refractivity contribution in [3.05, 3.63) is 24.3 Å². The van der Waals surface area contributed by atoms with E-state index in [2.05, 4.69) is 34.1 Å². The van der Waals surface area contributed by atoms with Crippen molar-refractivity contribution in [3.8, 4) is 11.4 Å². The summed E-state index contributed by atoms with van der Waals surface area (Å²) in [5.41, 5.74) is 0.465. The average molecular weight is 429 g/mol. The number of nitrogens with zero attached hydrogens (tertiary/aromatic N) is 5. The van der Waals surface area contributed by atoms with Crippen LogP contribution >= 0.6 is 11.8 Å². The summed E-state index contributed by atoms with van der Waals surface area (Å²) >= 11 is 1.21. The minimum Gasteiger partial charge on any atom is -0.406 e. The van der Waals surface area contributed by atoms with Crippen molar-refractivity contribution in [2.45, 2.75) is 44.0 Å². The molecular formula is C18H22F3N5O2S. The number of benzene rings is 1. The number of halogens is 3. The lowest BCUT2D eigenvalue weighted by Crippen LogP contribution is -2.45. The molecule has 0 spiro atoms. The highest BCUT2D eigenvalue weighted by Gasteiger charge is 2.31. The van der Waals surface area contributed by atoms with Crippen LogP contribution in [0.2, 0.25) is 0 Å². The Bertz CT molecular complexity index is 833. The van der Waals surface area contributed by atoms with Gasteiger partial charge in [-0.2, -0.15) is 4.68 Å². The van der Waals surface area contributed by atoms with Gasteiger partial charge >= 0.3 is 6.36 Å². The van der Waals surface area contributed by atoms with Crippen molar-refractivity contribution in [1.82, 2.24) is 25.1 Å². The van der Waals surface area contributed by atoms with E-state index in [4.69, 9.17) is 0 Å². The van der Waals surface area contributed by atoms with Crippen LogP contribution in [0.25, 0.3) is 5.69 Å². The van der Waals surface area contributed by atoms with E-state index >= 15 is 0 Å². The van der Waals surface area contributed by atoms with Gasteiger partial charge in [-0.25, -0.2) is 0 Å². The first-order chi connectivity index (χ1) is 13.6. The van der Waals surface area contributed by atoms with E-state index in [1.165, 1.54) is 40.7 Å². The van der Waals surface area contributed by atoms with Gasteiger partial charge in [0.2, 0.25) is 11.1 Å². The second-order valence-electron chi connectivity index (χ2n) is 7.36. The van der Waals surface area contributed by atoms with Crippen molar-refractivity contribution in [2.24, 2.45) is 11.8 Å². The van der Waals surface area contributed by atoms with Crippen molar-refractivity contribution in [1.29, 1.82) is 0 Å². The lowest BCUT2D eigenvalue weighted by atomic mass is 9.92. The number of hydrogen-bond acceptors (Lipinski definition) is 6. The number of hydrogen-bond donors (Lipinski definition) is 0. The molecule has 0 saturated carbocycles. The number of aromatic nitrogens is 4. The molecule has 1 aromatic heterocycles. The second-order valence-corrected chi connectivity index (χ2v) is 8.67. The van der Waals surface area contributed by atoms with Crippen LogP contribution in [0.1, 0.15) is 27.2 Å². The first-order valence-electron chi connectivity index (χ1n) is 9.22. The Hall–Kier alpha value is -2.30. The number of alkyl halides is 3. The molecule has 0 aliphatic carbocycles. The summed E-state index contributed by atoms with van der Waals surface area (Å²) < 4.78 is 42.2. The molecule has 11 heteroatoms. The molecule has 1 saturated heterocycles. The summed E-state index contributed by atoms with van der Waals surface area (Å²) in [6, 6.07) is 5.21. The third-order valence-electron chi connectivity index (χ3n) is 4.57. The van der Waals surface area contributed by atoms with Crippen LogP contribution in [-0.2, 0) is 4.79 Å². The van der Waals surface area contributed by atoms with Gasteiger partial charge in [0.1, 0.15) is 5.75 Å². The van der Waals surface area contributed by atoms with E-state index in [0.717, 1.165) is 19.5 Å². The van der Waals surface area contributed by atoms with Crippen molar-refractivity contribution >= 4 is 17.7 Å². The van der Waals surface area contributed by atoms with Crippen molar-refractivity contribution in [3.63, 3.8) is 0 Å². The largest absolute Gasteiger partial charge is 0.573 e. The molecule has 0 radical (unpaired) electrons. The van der Waals surface area contributed by atoms with Gasteiger partial charge in [-0.1, -0.05) is 25.6 Å². The molecule has 2 aromatic rings. The molecule has 1 aromatic carbocycles. The topological polar surface area (TPSA) is 73.1 Å². The maximum atomic E-state index is 12.8. The number of piperidine rings is 1. The van der Waals surface area contributed by atoms with Crippen LogP contribution in [0.3, 0.4) is 0 Å². The van der Waals surface area contributed by atoms with Crippen LogP contribution in [0.15, 0.2) is 29.4 Å². The third-order valence-corrected chi connectivity index (χ3v) is 5.59. The average Bonchev–Trinajstić information content (AvgIpc) is 3.07. The fourth-order valence-electron chi connectivity index (χ4n) is 3.51. The Kier molecular flexibility index (Phi) is 6.35. The molecule has 1 aliphatic heterocycles. The van der Waals surface area contributed by atoms with Gasteiger partial charge in [-0.05, 0) is 59.9 Å². The molecule has 0 bridgehead atoms. The van der Waals surface area contributed by atoms with Crippen LogP contribution in [0.5, 0.6) is 5.75 Å². The molecule has 158 valence electrons. The molecule has 2 heterocycles. The van der Waals surface area contributed by atoms with E-state index in [1.54, 1.807) is 6.92 Å². The SMILES string of the molecule is CC1CC(C)CN(C(=O)C(C)Sc2nnnn2-c2ccc(OC(F)(F)F)cc2)C1. The van der Waals surface area contributed by atoms with Gasteiger partial charge in [0.15, 0.2) is 0 Å². The smallest absolute Gasteiger partial charge is 0.406 e. The number of thioether (sulfide) groups is 1. The van der Waals surface area contributed by atoms with Gasteiger partial charge in [0, 0.05) is 13.1 Å². The van der Waals surface area contributed by atoms with E-state index in [-0.39, 0.29) is 11.7 Å². The Morgan fingerprint density at radius 2 is 1.83 bits per heavy atom. The number of tetrazole rings is 1. The lowest BCUT2D eigenvalue weighted by Gasteiger charge is -2.36. The Morgan fingerprint density at radius 3 is 2.41 bits per heavy atom. The van der Waals surface area contributed by atoms with Crippen LogP contribution in [0, 0.1) is 11.8 Å². The summed E-state index contributed by atoms with van der Waals surface area (Å²) in [6.45, 7) is 7.55. The number of carbonyl (C=O) groups excluding carboxylic acids is 1. The normalized spacial score (nSPS) is 21.1. The summed E-state index contributed by atoms with van der Waals surface area (Å²) in [5, 5.41) is 11.5. The number of carbonyl (C=O) groups is 1. The number of likely N-dealkylation sites (tertiary alicyclic amines) is 1. The van der Waals surface area contributed by atoms with Gasteiger partial charge < -0.3 is 9.64 Å². The molecule has 1 fully saturated rings. The van der Waals surface area contributed by atoms with Crippen molar-refractivity contribution < 1.29 is 22.7 Å². The van der Waals surface area contributed by atoms with Gasteiger partial charge in [0.25, 0.3) is 0 Å². The second kappa shape index (κ2) is 8.60. The number of amides is 1. The zero-order valence-electron chi connectivity index (χ0n) is 16.3. The molecule has 0 N–H and O–H groups in total. The fraction of sp³-hybridized carbons (Fsp3) is 0.556. The monoisotopic (exact) mass is 429 g/mol. The minimum atomic E-state index is -4.75. The summed E-state index contributed by atoms with van der Waals surface area (Å²) in [6.07, 6.45) is -3.64. The molecule has 3 unspecified atom stereocenters. The maximum absolute atomic E-state index is 12.8. The predicted molar refractivity (Wildman–Crippen MR) is 101 cm³/mol. The van der Waals surface area contributed by atoms with E-state index in [9.17, 15) is 18.0 Å². The van der Waals surface area contributed by atoms with Crippen LogP contribution < -0.4 is 4.74 Å². The zero-order chi connectivity index (χ0) is 21.2. The molecule has 3 rings (SSSR count). The molecule has 7 nitrogen and oxygen atoms in total. The Labute approximate surface area is 170 Å². The molecule has 1 amide bonds. The van der Waals surface area contributed by atoms with Gasteiger partial charge in [-0.3, -0.25) is 4.79 Å². The third kappa shape index (κ3) is 5.62.